The Labute approximate surface area is 178 Å². The lowest BCUT2D eigenvalue weighted by Gasteiger charge is -2.37. The lowest BCUT2D eigenvalue weighted by atomic mass is 9.93. The number of ether oxygens (including phenoxy) is 2. The molecule has 30 heavy (non-hydrogen) atoms. The molecule has 1 aliphatic carbocycles. The van der Waals surface area contributed by atoms with Crippen molar-refractivity contribution in [1.29, 1.82) is 0 Å². The topological polar surface area (TPSA) is 38.8 Å². The summed E-state index contributed by atoms with van der Waals surface area (Å²) < 4.78 is 12.3. The van der Waals surface area contributed by atoms with Gasteiger partial charge in [0, 0.05) is 12.6 Å². The van der Waals surface area contributed by atoms with Crippen molar-refractivity contribution in [2.24, 2.45) is 0 Å². The van der Waals surface area contributed by atoms with Crippen molar-refractivity contribution in [2.75, 3.05) is 6.73 Å². The largest absolute Gasteiger partial charge is 0.478 e. The SMILES string of the molecule is CCc1ccc(/C=C2\Oc3c4c(cc(C)c3C2=O)OCN(C2CCCCC2)C4)cc1. The minimum atomic E-state index is -0.0281. The van der Waals surface area contributed by atoms with Crippen LogP contribution in [-0.4, -0.2) is 23.5 Å². The van der Waals surface area contributed by atoms with E-state index in [-0.39, 0.29) is 5.78 Å². The molecule has 2 aliphatic heterocycles. The molecule has 5 rings (SSSR count). The van der Waals surface area contributed by atoms with Crippen LogP contribution < -0.4 is 9.47 Å². The van der Waals surface area contributed by atoms with Crippen molar-refractivity contribution in [1.82, 2.24) is 4.90 Å². The second kappa shape index (κ2) is 7.92. The minimum absolute atomic E-state index is 0.0281. The monoisotopic (exact) mass is 403 g/mol. The average molecular weight is 404 g/mol. The average Bonchev–Trinajstić information content (AvgIpc) is 3.11. The molecule has 3 aliphatic rings. The summed E-state index contributed by atoms with van der Waals surface area (Å²) in [6.07, 6.45) is 9.23. The zero-order chi connectivity index (χ0) is 20.7. The molecule has 0 saturated heterocycles. The van der Waals surface area contributed by atoms with Crippen LogP contribution in [0.15, 0.2) is 36.1 Å². The summed E-state index contributed by atoms with van der Waals surface area (Å²) in [5.74, 6) is 1.94. The lowest BCUT2D eigenvalue weighted by Crippen LogP contribution is -2.41. The number of carbonyl (C=O) groups excluding carboxylic acids is 1. The molecule has 0 bridgehead atoms. The van der Waals surface area contributed by atoms with Crippen molar-refractivity contribution in [3.8, 4) is 11.5 Å². The number of hydrogen-bond donors (Lipinski definition) is 0. The van der Waals surface area contributed by atoms with Crippen molar-refractivity contribution < 1.29 is 14.3 Å². The van der Waals surface area contributed by atoms with Gasteiger partial charge in [0.15, 0.2) is 5.76 Å². The van der Waals surface area contributed by atoms with Gasteiger partial charge in [-0.05, 0) is 55.0 Å². The highest BCUT2D eigenvalue weighted by Crippen LogP contribution is 2.44. The molecular weight excluding hydrogens is 374 g/mol. The normalized spacial score (nSPS) is 20.6. The molecule has 4 heteroatoms. The van der Waals surface area contributed by atoms with Crippen molar-refractivity contribution in [2.45, 2.75) is 65.0 Å². The standard InChI is InChI=1S/C26H29NO3/c1-3-18-9-11-19(12-10-18)14-23-25(28)24-17(2)13-22-21(26(24)30-23)15-27(16-29-22)20-7-5-4-6-8-20/h9-14,20H,3-8,15-16H2,1-2H3/b23-14-. The predicted molar refractivity (Wildman–Crippen MR) is 118 cm³/mol. The van der Waals surface area contributed by atoms with Crippen LogP contribution in [0, 0.1) is 6.92 Å². The van der Waals surface area contributed by atoms with E-state index in [1.165, 1.54) is 37.7 Å². The van der Waals surface area contributed by atoms with Crippen LogP contribution in [0.5, 0.6) is 11.5 Å². The second-order valence-corrected chi connectivity index (χ2v) is 8.72. The van der Waals surface area contributed by atoms with Crippen LogP contribution in [0.4, 0.5) is 0 Å². The van der Waals surface area contributed by atoms with Gasteiger partial charge in [0.25, 0.3) is 0 Å². The fraction of sp³-hybridized carbons (Fsp3) is 0.423. The van der Waals surface area contributed by atoms with Crippen LogP contribution in [0.2, 0.25) is 0 Å². The molecule has 156 valence electrons. The number of aryl methyl sites for hydroxylation is 2. The van der Waals surface area contributed by atoms with Crippen LogP contribution in [0.1, 0.15) is 71.6 Å². The fourth-order valence-corrected chi connectivity index (χ4v) is 4.93. The summed E-state index contributed by atoms with van der Waals surface area (Å²) >= 11 is 0. The van der Waals surface area contributed by atoms with Gasteiger partial charge in [0.2, 0.25) is 5.78 Å². The number of benzene rings is 2. The maximum Gasteiger partial charge on any atom is 0.232 e. The second-order valence-electron chi connectivity index (χ2n) is 8.72. The molecule has 0 aromatic heterocycles. The summed E-state index contributed by atoms with van der Waals surface area (Å²) in [4.78, 5) is 15.6. The van der Waals surface area contributed by atoms with E-state index in [0.29, 0.717) is 29.8 Å². The highest BCUT2D eigenvalue weighted by atomic mass is 16.5. The summed E-state index contributed by atoms with van der Waals surface area (Å²) in [7, 11) is 0. The highest BCUT2D eigenvalue weighted by Gasteiger charge is 2.36. The van der Waals surface area contributed by atoms with Gasteiger partial charge < -0.3 is 9.47 Å². The molecule has 2 aromatic rings. The first-order valence-corrected chi connectivity index (χ1v) is 11.2. The van der Waals surface area contributed by atoms with Crippen LogP contribution in [-0.2, 0) is 13.0 Å². The third-order valence-electron chi connectivity index (χ3n) is 6.73. The molecule has 0 radical (unpaired) electrons. The first kappa shape index (κ1) is 19.4. The first-order valence-electron chi connectivity index (χ1n) is 11.2. The molecule has 4 nitrogen and oxygen atoms in total. The molecule has 2 aromatic carbocycles. The maximum atomic E-state index is 13.2. The van der Waals surface area contributed by atoms with E-state index in [4.69, 9.17) is 9.47 Å². The summed E-state index contributed by atoms with van der Waals surface area (Å²) in [5.41, 5.74) is 4.90. The Morgan fingerprint density at radius 3 is 2.63 bits per heavy atom. The van der Waals surface area contributed by atoms with E-state index >= 15 is 0 Å². The van der Waals surface area contributed by atoms with Crippen LogP contribution in [0.25, 0.3) is 6.08 Å². The van der Waals surface area contributed by atoms with E-state index in [2.05, 4.69) is 24.0 Å². The van der Waals surface area contributed by atoms with Gasteiger partial charge in [0.1, 0.15) is 18.2 Å². The van der Waals surface area contributed by atoms with Crippen molar-refractivity contribution >= 4 is 11.9 Å². The number of Topliss-reactive ketones (excluding diaryl/α,β-unsaturated/α-hetero) is 1. The summed E-state index contributed by atoms with van der Waals surface area (Å²) in [6.45, 7) is 5.51. The molecule has 0 amide bonds. The molecule has 1 fully saturated rings. The maximum absolute atomic E-state index is 13.2. The minimum Gasteiger partial charge on any atom is -0.478 e. The Bertz CT molecular complexity index is 1000. The van der Waals surface area contributed by atoms with Gasteiger partial charge in [-0.3, -0.25) is 9.69 Å². The van der Waals surface area contributed by atoms with Crippen LogP contribution in [0.3, 0.4) is 0 Å². The van der Waals surface area contributed by atoms with Gasteiger partial charge in [-0.1, -0.05) is 50.5 Å². The molecule has 1 saturated carbocycles. The van der Waals surface area contributed by atoms with Gasteiger partial charge in [-0.15, -0.1) is 0 Å². The quantitative estimate of drug-likeness (QED) is 0.620. The number of hydrogen-bond acceptors (Lipinski definition) is 4. The molecule has 0 atom stereocenters. The van der Waals surface area contributed by atoms with E-state index in [1.54, 1.807) is 0 Å². The predicted octanol–water partition coefficient (Wildman–Crippen LogP) is 5.66. The van der Waals surface area contributed by atoms with Gasteiger partial charge in [0.05, 0.1) is 11.1 Å². The summed E-state index contributed by atoms with van der Waals surface area (Å²) in [5, 5.41) is 0. The number of carbonyl (C=O) groups is 1. The van der Waals surface area contributed by atoms with Crippen molar-refractivity contribution in [3.63, 3.8) is 0 Å². The third kappa shape index (κ3) is 3.43. The van der Waals surface area contributed by atoms with Crippen LogP contribution >= 0.6 is 0 Å². The fourth-order valence-electron chi connectivity index (χ4n) is 4.93. The van der Waals surface area contributed by atoms with E-state index < -0.39 is 0 Å². The molecular formula is C26H29NO3. The Hall–Kier alpha value is -2.59. The Balaban J connectivity index is 1.46. The van der Waals surface area contributed by atoms with E-state index in [9.17, 15) is 4.79 Å². The molecule has 0 N–H and O–H groups in total. The van der Waals surface area contributed by atoms with Crippen molar-refractivity contribution in [3.05, 3.63) is 63.9 Å². The zero-order valence-electron chi connectivity index (χ0n) is 17.9. The van der Waals surface area contributed by atoms with Gasteiger partial charge >= 0.3 is 0 Å². The molecule has 0 spiro atoms. The lowest BCUT2D eigenvalue weighted by molar-refractivity contribution is 0.0393. The zero-order valence-corrected chi connectivity index (χ0v) is 17.9. The number of nitrogens with zero attached hydrogens (tertiary/aromatic N) is 1. The first-order chi connectivity index (χ1) is 14.6. The number of ketones is 1. The molecule has 2 heterocycles. The Kier molecular flexibility index (Phi) is 5.11. The van der Waals surface area contributed by atoms with E-state index in [0.717, 1.165) is 35.4 Å². The highest BCUT2D eigenvalue weighted by molar-refractivity contribution is 6.15. The summed E-state index contributed by atoms with van der Waals surface area (Å²) in [6, 6.07) is 10.9. The number of fused-ring (bicyclic) bond motifs is 3. The number of allylic oxidation sites excluding steroid dienone is 1. The third-order valence-corrected chi connectivity index (χ3v) is 6.73. The number of rotatable bonds is 3. The molecule has 0 unspecified atom stereocenters. The van der Waals surface area contributed by atoms with E-state index in [1.807, 2.05) is 31.2 Å². The Morgan fingerprint density at radius 2 is 1.90 bits per heavy atom. The smallest absolute Gasteiger partial charge is 0.232 e. The van der Waals surface area contributed by atoms with Gasteiger partial charge in [-0.25, -0.2) is 0 Å². The van der Waals surface area contributed by atoms with Gasteiger partial charge in [-0.2, -0.15) is 0 Å². The Morgan fingerprint density at radius 1 is 1.13 bits per heavy atom.